The van der Waals surface area contributed by atoms with Crippen molar-refractivity contribution in [1.82, 2.24) is 20.1 Å². The summed E-state index contributed by atoms with van der Waals surface area (Å²) in [5, 5.41) is 3.43. The lowest BCUT2D eigenvalue weighted by Gasteiger charge is -2.30. The molecule has 3 aliphatic rings. The molecule has 12 heteroatoms. The molecule has 1 aliphatic carbocycles. The molecule has 1 spiro atoms. The van der Waals surface area contributed by atoms with Gasteiger partial charge in [-0.2, -0.15) is 9.31 Å². The number of amides is 4. The Morgan fingerprint density at radius 2 is 1.75 bits per heavy atom. The summed E-state index contributed by atoms with van der Waals surface area (Å²) in [4.78, 5) is 37.2. The van der Waals surface area contributed by atoms with Crippen molar-refractivity contribution < 1.29 is 32.3 Å². The maximum atomic E-state index is 12.7. The maximum Gasteiger partial charge on any atom is 0.344 e. The molecule has 0 atom stereocenters. The minimum Gasteiger partial charge on any atom is -0.484 e. The van der Waals surface area contributed by atoms with Crippen LogP contribution >= 0.6 is 0 Å². The summed E-state index contributed by atoms with van der Waals surface area (Å²) in [5.74, 6) is -0.846. The summed E-state index contributed by atoms with van der Waals surface area (Å²) in [7, 11) is -3.62. The fraction of sp³-hybridized carbons (Fsp3) is 0.550. The first-order valence-corrected chi connectivity index (χ1v) is 12.0. The van der Waals surface area contributed by atoms with E-state index in [9.17, 15) is 22.8 Å². The van der Waals surface area contributed by atoms with Crippen molar-refractivity contribution in [1.29, 1.82) is 0 Å². The normalized spacial score (nSPS) is 21.4. The van der Waals surface area contributed by atoms with Crippen LogP contribution in [-0.4, -0.2) is 74.0 Å². The predicted molar refractivity (Wildman–Crippen MR) is 111 cm³/mol. The van der Waals surface area contributed by atoms with E-state index in [4.69, 9.17) is 9.47 Å². The Morgan fingerprint density at radius 3 is 2.41 bits per heavy atom. The van der Waals surface area contributed by atoms with E-state index in [0.29, 0.717) is 39.1 Å². The molecular formula is C20H26N4O7S. The van der Waals surface area contributed by atoms with E-state index in [1.165, 1.54) is 28.6 Å². The van der Waals surface area contributed by atoms with Crippen LogP contribution in [0.2, 0.25) is 0 Å². The van der Waals surface area contributed by atoms with E-state index in [1.54, 1.807) is 0 Å². The average Bonchev–Trinajstić information content (AvgIpc) is 3.02. The zero-order valence-electron chi connectivity index (χ0n) is 17.5. The van der Waals surface area contributed by atoms with E-state index in [2.05, 4.69) is 10.7 Å². The third-order valence-corrected chi connectivity index (χ3v) is 7.82. The van der Waals surface area contributed by atoms with Crippen molar-refractivity contribution in [3.63, 3.8) is 0 Å². The van der Waals surface area contributed by atoms with Crippen molar-refractivity contribution >= 4 is 27.9 Å². The van der Waals surface area contributed by atoms with Crippen LogP contribution < -0.4 is 15.5 Å². The van der Waals surface area contributed by atoms with Gasteiger partial charge in [-0.05, 0) is 37.1 Å². The van der Waals surface area contributed by atoms with E-state index < -0.39 is 40.0 Å². The van der Waals surface area contributed by atoms with Crippen LogP contribution in [0, 0.1) is 0 Å². The molecule has 1 saturated carbocycles. The number of carbonyl (C=O) groups is 3. The number of imide groups is 1. The zero-order valence-corrected chi connectivity index (χ0v) is 18.4. The molecule has 2 aliphatic heterocycles. The monoisotopic (exact) mass is 466 g/mol. The Balaban J connectivity index is 1.31. The Labute approximate surface area is 186 Å². The first-order chi connectivity index (χ1) is 15.3. The highest BCUT2D eigenvalue weighted by Gasteiger charge is 2.52. The highest BCUT2D eigenvalue weighted by molar-refractivity contribution is 7.89. The van der Waals surface area contributed by atoms with Crippen molar-refractivity contribution in [3.05, 3.63) is 24.3 Å². The summed E-state index contributed by atoms with van der Waals surface area (Å²) in [6.07, 6.45) is 3.81. The highest BCUT2D eigenvalue weighted by atomic mass is 32.2. The molecule has 174 valence electrons. The molecule has 0 aromatic heterocycles. The molecular weight excluding hydrogens is 440 g/mol. The van der Waals surface area contributed by atoms with E-state index in [-0.39, 0.29) is 10.6 Å². The number of ether oxygens (including phenoxy) is 2. The lowest BCUT2D eigenvalue weighted by molar-refractivity contribution is -0.140. The molecule has 2 N–H and O–H groups in total. The van der Waals surface area contributed by atoms with Gasteiger partial charge in [-0.1, -0.05) is 19.3 Å². The van der Waals surface area contributed by atoms with E-state index in [0.717, 1.165) is 24.3 Å². The van der Waals surface area contributed by atoms with Gasteiger partial charge in [-0.15, -0.1) is 0 Å². The number of rotatable bonds is 6. The van der Waals surface area contributed by atoms with Crippen molar-refractivity contribution in [2.75, 3.05) is 32.9 Å². The van der Waals surface area contributed by atoms with Crippen molar-refractivity contribution in [2.45, 2.75) is 42.5 Å². The van der Waals surface area contributed by atoms with Crippen LogP contribution in [0.15, 0.2) is 29.2 Å². The summed E-state index contributed by atoms with van der Waals surface area (Å²) < 4.78 is 37.2. The molecule has 2 saturated heterocycles. The third-order valence-electron chi connectivity index (χ3n) is 5.91. The van der Waals surface area contributed by atoms with Gasteiger partial charge in [0, 0.05) is 13.1 Å². The molecule has 1 aromatic rings. The number of morpholine rings is 1. The highest BCUT2D eigenvalue weighted by Crippen LogP contribution is 2.33. The second-order valence-corrected chi connectivity index (χ2v) is 9.96. The predicted octanol–water partition coefficient (Wildman–Crippen LogP) is 0.372. The Kier molecular flexibility index (Phi) is 6.35. The number of carbonyl (C=O) groups excluding carboxylic acids is 3. The summed E-state index contributed by atoms with van der Waals surface area (Å²) in [5.41, 5.74) is 1.37. The molecule has 2 heterocycles. The van der Waals surface area contributed by atoms with Gasteiger partial charge in [0.05, 0.1) is 18.1 Å². The smallest absolute Gasteiger partial charge is 0.344 e. The first-order valence-electron chi connectivity index (χ1n) is 10.6. The minimum absolute atomic E-state index is 0.119. The summed E-state index contributed by atoms with van der Waals surface area (Å²) in [6.45, 7) is 0.859. The van der Waals surface area contributed by atoms with E-state index >= 15 is 0 Å². The van der Waals surface area contributed by atoms with Gasteiger partial charge >= 0.3 is 6.03 Å². The van der Waals surface area contributed by atoms with Crippen LogP contribution in [0.5, 0.6) is 5.75 Å². The fourth-order valence-electron chi connectivity index (χ4n) is 4.17. The Bertz CT molecular complexity index is 984. The number of hydrogen-bond donors (Lipinski definition) is 2. The molecule has 1 aromatic carbocycles. The standard InChI is InChI=1S/C20H26N4O7S/c25-17(22-24-18(26)20(21-19(24)27)8-2-1-3-9-20)14-31-15-4-6-16(7-5-15)32(28,29)23-10-12-30-13-11-23/h4-7H,1-3,8-14H2,(H,21,27)(H,22,25). The van der Waals surface area contributed by atoms with Gasteiger partial charge in [-0.25, -0.2) is 13.2 Å². The number of hydrogen-bond acceptors (Lipinski definition) is 7. The van der Waals surface area contributed by atoms with Gasteiger partial charge in [0.1, 0.15) is 11.3 Å². The number of urea groups is 1. The van der Waals surface area contributed by atoms with E-state index in [1.807, 2.05) is 0 Å². The molecule has 4 rings (SSSR count). The first kappa shape index (κ1) is 22.5. The number of nitrogens with one attached hydrogen (secondary N) is 2. The second kappa shape index (κ2) is 9.04. The topological polar surface area (TPSA) is 134 Å². The van der Waals surface area contributed by atoms with Crippen LogP contribution in [-0.2, 0) is 24.3 Å². The molecule has 32 heavy (non-hydrogen) atoms. The Hall–Kier alpha value is -2.70. The number of benzene rings is 1. The fourth-order valence-corrected chi connectivity index (χ4v) is 5.57. The molecule has 0 unspecified atom stereocenters. The second-order valence-electron chi connectivity index (χ2n) is 8.02. The number of sulfonamides is 1. The maximum absolute atomic E-state index is 12.7. The number of nitrogens with zero attached hydrogens (tertiary/aromatic N) is 2. The lowest BCUT2D eigenvalue weighted by atomic mass is 9.82. The summed E-state index contributed by atoms with van der Waals surface area (Å²) >= 11 is 0. The molecule has 3 fully saturated rings. The number of hydrazine groups is 1. The lowest BCUT2D eigenvalue weighted by Crippen LogP contribution is -2.51. The van der Waals surface area contributed by atoms with Gasteiger partial charge in [-0.3, -0.25) is 15.0 Å². The third kappa shape index (κ3) is 4.43. The SMILES string of the molecule is O=C(COc1ccc(S(=O)(=O)N2CCOCC2)cc1)NN1C(=O)NC2(CCCCC2)C1=O. The zero-order chi connectivity index (χ0) is 22.8. The Morgan fingerprint density at radius 1 is 1.09 bits per heavy atom. The average molecular weight is 467 g/mol. The van der Waals surface area contributed by atoms with Crippen molar-refractivity contribution in [2.24, 2.45) is 0 Å². The molecule has 0 bridgehead atoms. The van der Waals surface area contributed by atoms with Crippen molar-refractivity contribution in [3.8, 4) is 5.75 Å². The molecule has 0 radical (unpaired) electrons. The minimum atomic E-state index is -3.62. The van der Waals surface area contributed by atoms with Gasteiger partial charge in [0.15, 0.2) is 6.61 Å². The van der Waals surface area contributed by atoms with Gasteiger partial charge in [0.25, 0.3) is 11.8 Å². The van der Waals surface area contributed by atoms with Gasteiger partial charge < -0.3 is 14.8 Å². The van der Waals surface area contributed by atoms with Crippen LogP contribution in [0.4, 0.5) is 4.79 Å². The molecule has 4 amide bonds. The van der Waals surface area contributed by atoms with Crippen LogP contribution in [0.1, 0.15) is 32.1 Å². The van der Waals surface area contributed by atoms with Gasteiger partial charge in [0.2, 0.25) is 10.0 Å². The quantitative estimate of drug-likeness (QED) is 0.579. The largest absolute Gasteiger partial charge is 0.484 e. The van der Waals surface area contributed by atoms with Crippen LogP contribution in [0.3, 0.4) is 0 Å². The summed E-state index contributed by atoms with van der Waals surface area (Å²) in [6, 6.07) is 5.06. The van der Waals surface area contributed by atoms with Crippen LogP contribution in [0.25, 0.3) is 0 Å². The molecule has 11 nitrogen and oxygen atoms in total.